The summed E-state index contributed by atoms with van der Waals surface area (Å²) in [6.45, 7) is 2.12. The molecule has 4 atom stereocenters. The van der Waals surface area contributed by atoms with Gasteiger partial charge in [0.15, 0.2) is 5.79 Å². The van der Waals surface area contributed by atoms with Crippen molar-refractivity contribution in [2.24, 2.45) is 0 Å². The van der Waals surface area contributed by atoms with Gasteiger partial charge in [0.1, 0.15) is 23.3 Å². The van der Waals surface area contributed by atoms with Gasteiger partial charge in [-0.15, -0.1) is 0 Å². The Kier molecular flexibility index (Phi) is 8.35. The number of carbonyl (C=O) groups excluding carboxylic acids is 1. The maximum absolute atomic E-state index is 13.4. The molecule has 1 aliphatic heterocycles. The third-order valence-electron chi connectivity index (χ3n) is 5.32. The van der Waals surface area contributed by atoms with E-state index in [-0.39, 0.29) is 48.9 Å². The van der Waals surface area contributed by atoms with Crippen molar-refractivity contribution < 1.29 is 41.3 Å². The molecule has 0 saturated carbocycles. The van der Waals surface area contributed by atoms with E-state index in [2.05, 4.69) is 4.72 Å². The van der Waals surface area contributed by atoms with Crippen molar-refractivity contribution in [2.45, 2.75) is 43.0 Å². The highest BCUT2D eigenvalue weighted by atomic mass is 35.5. The molecular weight excluding hydrogens is 481 g/mol. The Balaban J connectivity index is 1.94. The van der Waals surface area contributed by atoms with Crippen LogP contribution in [0.2, 0.25) is 5.02 Å². The number of ether oxygens (including phenoxy) is 5. The van der Waals surface area contributed by atoms with Crippen LogP contribution in [0.1, 0.15) is 19.8 Å². The van der Waals surface area contributed by atoms with Gasteiger partial charge in [-0.1, -0.05) is 11.6 Å². The van der Waals surface area contributed by atoms with Crippen LogP contribution in [0.5, 0.6) is 0 Å². The van der Waals surface area contributed by atoms with Crippen molar-refractivity contribution in [1.29, 1.82) is 0 Å². The van der Waals surface area contributed by atoms with Crippen molar-refractivity contribution in [1.82, 2.24) is 0 Å². The molecule has 184 valence electrons. The number of carbonyl (C=O) groups is 1. The SMILES string of the molecule is CCOC(=O)C1=CC2(CCC1S(=O)(=O)Nc1ccc(F)cc1Cl)OC(COC)[C@@H](COC)O2. The Bertz CT molecular complexity index is 988. The maximum atomic E-state index is 13.4. The number of rotatable bonds is 9. The van der Waals surface area contributed by atoms with E-state index in [1.54, 1.807) is 6.92 Å². The molecule has 0 aromatic heterocycles. The Labute approximate surface area is 197 Å². The van der Waals surface area contributed by atoms with Gasteiger partial charge < -0.3 is 23.7 Å². The van der Waals surface area contributed by atoms with Gasteiger partial charge in [-0.2, -0.15) is 0 Å². The quantitative estimate of drug-likeness (QED) is 0.508. The van der Waals surface area contributed by atoms with E-state index < -0.39 is 45.1 Å². The summed E-state index contributed by atoms with van der Waals surface area (Å²) in [5, 5.41) is -1.38. The second-order valence-electron chi connectivity index (χ2n) is 7.65. The first kappa shape index (κ1) is 25.9. The minimum atomic E-state index is -4.16. The van der Waals surface area contributed by atoms with Crippen LogP contribution in [0.3, 0.4) is 0 Å². The lowest BCUT2D eigenvalue weighted by Gasteiger charge is -2.33. The van der Waals surface area contributed by atoms with Crippen molar-refractivity contribution >= 4 is 33.3 Å². The monoisotopic (exact) mass is 507 g/mol. The van der Waals surface area contributed by atoms with Crippen LogP contribution in [0.15, 0.2) is 29.8 Å². The fourth-order valence-electron chi connectivity index (χ4n) is 3.90. The van der Waals surface area contributed by atoms with E-state index in [0.29, 0.717) is 0 Å². The van der Waals surface area contributed by atoms with E-state index in [0.717, 1.165) is 12.1 Å². The third kappa shape index (κ3) is 5.84. The number of benzene rings is 1. The molecule has 12 heteroatoms. The number of hydrogen-bond donors (Lipinski definition) is 1. The van der Waals surface area contributed by atoms with Crippen LogP contribution in [0.4, 0.5) is 10.1 Å². The summed E-state index contributed by atoms with van der Waals surface area (Å²) in [6.07, 6.45) is 0.568. The van der Waals surface area contributed by atoms with Crippen LogP contribution in [0.25, 0.3) is 0 Å². The third-order valence-corrected chi connectivity index (χ3v) is 7.38. The molecule has 3 rings (SSSR count). The number of hydrogen-bond acceptors (Lipinski definition) is 8. The van der Waals surface area contributed by atoms with Gasteiger partial charge in [-0.05, 0) is 37.6 Å². The first-order chi connectivity index (χ1) is 15.6. The lowest BCUT2D eigenvalue weighted by Crippen LogP contribution is -2.42. The van der Waals surface area contributed by atoms with Gasteiger partial charge in [0.05, 0.1) is 36.1 Å². The van der Waals surface area contributed by atoms with Crippen molar-refractivity contribution in [3.8, 4) is 0 Å². The molecule has 1 saturated heterocycles. The summed E-state index contributed by atoms with van der Waals surface area (Å²) in [4.78, 5) is 12.8. The van der Waals surface area contributed by atoms with Gasteiger partial charge >= 0.3 is 5.97 Å². The minimum absolute atomic E-state index is 0.00179. The zero-order chi connectivity index (χ0) is 24.2. The molecule has 1 fully saturated rings. The van der Waals surface area contributed by atoms with E-state index in [4.69, 9.17) is 35.3 Å². The normalized spacial score (nSPS) is 27.4. The van der Waals surface area contributed by atoms with Gasteiger partial charge in [-0.25, -0.2) is 17.6 Å². The van der Waals surface area contributed by atoms with Crippen molar-refractivity contribution in [3.63, 3.8) is 0 Å². The highest BCUT2D eigenvalue weighted by Gasteiger charge is 2.51. The zero-order valence-corrected chi connectivity index (χ0v) is 20.1. The number of nitrogens with one attached hydrogen (secondary N) is 1. The molecule has 2 aliphatic rings. The van der Waals surface area contributed by atoms with E-state index in [1.165, 1.54) is 26.4 Å². The van der Waals surface area contributed by atoms with Crippen LogP contribution >= 0.6 is 11.6 Å². The number of esters is 1. The predicted octanol–water partition coefficient (Wildman–Crippen LogP) is 2.65. The highest BCUT2D eigenvalue weighted by molar-refractivity contribution is 7.93. The Hall–Kier alpha value is -1.76. The van der Waals surface area contributed by atoms with Gasteiger partial charge in [0.2, 0.25) is 10.0 Å². The average Bonchev–Trinajstić information content (AvgIpc) is 3.07. The fraction of sp³-hybridized carbons (Fsp3) is 0.571. The fourth-order valence-corrected chi connectivity index (χ4v) is 5.73. The Morgan fingerprint density at radius 1 is 1.24 bits per heavy atom. The summed E-state index contributed by atoms with van der Waals surface area (Å²) in [6, 6.07) is 3.28. The summed E-state index contributed by atoms with van der Waals surface area (Å²) in [5.41, 5.74) is -0.127. The standard InChI is InChI=1S/C21H27ClFNO8S/c1-4-30-20(25)14-10-21(31-17(11-28-2)18(32-21)12-29-3)8-7-19(14)33(26,27)24-16-6-5-13(23)9-15(16)22/h5-6,9-10,17-19,24H,4,7-8,11-12H2,1-3H3/t17-,18?,19?,21?/m1/s1. The second-order valence-corrected chi connectivity index (χ2v) is 9.92. The van der Waals surface area contributed by atoms with Crippen LogP contribution in [0, 0.1) is 5.82 Å². The summed E-state index contributed by atoms with van der Waals surface area (Å²) < 4.78 is 69.8. The molecule has 1 aromatic carbocycles. The summed E-state index contributed by atoms with van der Waals surface area (Å²) >= 11 is 5.98. The minimum Gasteiger partial charge on any atom is -0.463 e. The Morgan fingerprint density at radius 2 is 1.88 bits per heavy atom. The summed E-state index contributed by atoms with van der Waals surface area (Å²) in [7, 11) is -1.12. The zero-order valence-electron chi connectivity index (χ0n) is 18.5. The number of sulfonamides is 1. The second kappa shape index (κ2) is 10.7. The Morgan fingerprint density at radius 3 is 2.42 bits per heavy atom. The maximum Gasteiger partial charge on any atom is 0.335 e. The molecule has 1 heterocycles. The molecule has 1 aromatic rings. The smallest absolute Gasteiger partial charge is 0.335 e. The van der Waals surface area contributed by atoms with Crippen molar-refractivity contribution in [2.75, 3.05) is 38.8 Å². The molecule has 0 radical (unpaired) electrons. The van der Waals surface area contributed by atoms with Crippen LogP contribution in [-0.2, 0) is 38.5 Å². The predicted molar refractivity (Wildman–Crippen MR) is 118 cm³/mol. The summed E-state index contributed by atoms with van der Waals surface area (Å²) in [5.74, 6) is -2.74. The van der Waals surface area contributed by atoms with E-state index in [1.807, 2.05) is 0 Å². The molecule has 1 N–H and O–H groups in total. The molecule has 9 nitrogen and oxygen atoms in total. The molecule has 0 bridgehead atoms. The number of halogens is 2. The first-order valence-electron chi connectivity index (χ1n) is 10.3. The van der Waals surface area contributed by atoms with Gasteiger partial charge in [-0.3, -0.25) is 4.72 Å². The topological polar surface area (TPSA) is 109 Å². The first-order valence-corrected chi connectivity index (χ1v) is 12.3. The molecule has 33 heavy (non-hydrogen) atoms. The average molecular weight is 508 g/mol. The van der Waals surface area contributed by atoms with Gasteiger partial charge in [0.25, 0.3) is 0 Å². The van der Waals surface area contributed by atoms with Crippen molar-refractivity contribution in [3.05, 3.63) is 40.7 Å². The van der Waals surface area contributed by atoms with Crippen LogP contribution in [-0.4, -0.2) is 71.7 Å². The molecule has 3 unspecified atom stereocenters. The van der Waals surface area contributed by atoms with E-state index in [9.17, 15) is 17.6 Å². The molecule has 1 spiro atoms. The highest BCUT2D eigenvalue weighted by Crippen LogP contribution is 2.41. The lowest BCUT2D eigenvalue weighted by molar-refractivity contribution is -0.155. The van der Waals surface area contributed by atoms with Crippen LogP contribution < -0.4 is 4.72 Å². The number of anilines is 1. The lowest BCUT2D eigenvalue weighted by atomic mass is 9.94. The number of methoxy groups -OCH3 is 2. The molecular formula is C21H27ClFNO8S. The largest absolute Gasteiger partial charge is 0.463 e. The van der Waals surface area contributed by atoms with E-state index >= 15 is 0 Å². The molecule has 1 aliphatic carbocycles. The van der Waals surface area contributed by atoms with Gasteiger partial charge in [0, 0.05) is 20.6 Å². The molecule has 0 amide bonds.